The van der Waals surface area contributed by atoms with Crippen LogP contribution in [0.2, 0.25) is 0 Å². The third-order valence-electron chi connectivity index (χ3n) is 4.54. The fourth-order valence-electron chi connectivity index (χ4n) is 3.10. The third-order valence-corrected chi connectivity index (χ3v) is 6.42. The van der Waals surface area contributed by atoms with Gasteiger partial charge >= 0.3 is 12.0 Å². The number of nitrogens with one attached hydrogen (secondary N) is 2. The Balaban J connectivity index is 1.64. The smallest absolute Gasteiger partial charge is 0.338 e. The van der Waals surface area contributed by atoms with Gasteiger partial charge in [-0.05, 0) is 47.9 Å². The molecule has 0 aliphatic carbocycles. The fourth-order valence-corrected chi connectivity index (χ4v) is 4.75. The average Bonchev–Trinajstić information content (AvgIpc) is 3.45. The number of hydrogen-bond donors (Lipinski definition) is 2. The van der Waals surface area contributed by atoms with Crippen molar-refractivity contribution in [3.8, 4) is 5.69 Å². The van der Waals surface area contributed by atoms with Gasteiger partial charge in [-0.3, -0.25) is 0 Å². The van der Waals surface area contributed by atoms with Crippen molar-refractivity contribution in [3.05, 3.63) is 63.5 Å². The van der Waals surface area contributed by atoms with Crippen LogP contribution >= 0.6 is 23.1 Å². The highest BCUT2D eigenvalue weighted by Crippen LogP contribution is 2.32. The number of thioether (sulfide) groups is 1. The lowest BCUT2D eigenvalue weighted by Crippen LogP contribution is -2.46. The minimum Gasteiger partial charge on any atom is -0.463 e. The van der Waals surface area contributed by atoms with Crippen LogP contribution in [0.1, 0.15) is 23.4 Å². The van der Waals surface area contributed by atoms with Gasteiger partial charge in [0.1, 0.15) is 0 Å². The zero-order chi connectivity index (χ0) is 21.8. The first kappa shape index (κ1) is 21.1. The number of esters is 1. The van der Waals surface area contributed by atoms with Crippen LogP contribution in [0.3, 0.4) is 0 Å². The molecule has 2 N–H and O–H groups in total. The molecule has 1 atom stereocenters. The van der Waals surface area contributed by atoms with Crippen LogP contribution in [-0.4, -0.2) is 44.6 Å². The van der Waals surface area contributed by atoms with Gasteiger partial charge in [0, 0.05) is 16.3 Å². The van der Waals surface area contributed by atoms with Crippen LogP contribution < -0.4 is 10.6 Å². The number of carbonyl (C=O) groups is 2. The molecule has 0 saturated carbocycles. The van der Waals surface area contributed by atoms with Gasteiger partial charge in [-0.1, -0.05) is 35.5 Å². The molecule has 1 unspecified atom stereocenters. The van der Waals surface area contributed by atoms with Crippen molar-refractivity contribution in [2.45, 2.75) is 25.0 Å². The lowest BCUT2D eigenvalue weighted by molar-refractivity contribution is -0.139. The van der Waals surface area contributed by atoms with E-state index in [1.807, 2.05) is 48.7 Å². The number of tetrazole rings is 1. The molecular formula is C20H20N6O3S2. The zero-order valence-electron chi connectivity index (χ0n) is 16.9. The molecule has 2 amide bonds. The molecule has 0 bridgehead atoms. The largest absolute Gasteiger partial charge is 0.463 e. The normalized spacial score (nSPS) is 16.1. The SMILES string of the molecule is CCOC(=O)C1=C(CSc2nnnn2-c2ccc(C)cc2)NC(=O)NC1c1cccs1. The number of ether oxygens (including phenoxy) is 1. The number of aryl methyl sites for hydroxylation is 1. The van der Waals surface area contributed by atoms with Crippen molar-refractivity contribution in [1.82, 2.24) is 30.8 Å². The molecule has 0 saturated heterocycles. The minimum absolute atomic E-state index is 0.236. The van der Waals surface area contributed by atoms with Gasteiger partial charge in [0.2, 0.25) is 5.16 Å². The van der Waals surface area contributed by atoms with Gasteiger partial charge in [0.05, 0.1) is 23.9 Å². The van der Waals surface area contributed by atoms with Crippen LogP contribution in [0, 0.1) is 6.92 Å². The number of carbonyl (C=O) groups excluding carboxylic acids is 2. The Kier molecular flexibility index (Phi) is 6.33. The van der Waals surface area contributed by atoms with Crippen molar-refractivity contribution in [3.63, 3.8) is 0 Å². The molecule has 31 heavy (non-hydrogen) atoms. The molecule has 0 radical (unpaired) electrons. The number of rotatable bonds is 7. The second-order valence-electron chi connectivity index (χ2n) is 6.66. The quantitative estimate of drug-likeness (QED) is 0.415. The number of urea groups is 1. The van der Waals surface area contributed by atoms with Gasteiger partial charge < -0.3 is 15.4 Å². The topological polar surface area (TPSA) is 111 Å². The molecule has 1 aromatic carbocycles. The summed E-state index contributed by atoms with van der Waals surface area (Å²) in [6, 6.07) is 10.6. The number of thiophene rings is 1. The summed E-state index contributed by atoms with van der Waals surface area (Å²) in [4.78, 5) is 26.0. The van der Waals surface area contributed by atoms with Crippen molar-refractivity contribution < 1.29 is 14.3 Å². The Morgan fingerprint density at radius 2 is 2.10 bits per heavy atom. The summed E-state index contributed by atoms with van der Waals surface area (Å²) in [6.07, 6.45) is 0. The van der Waals surface area contributed by atoms with Gasteiger partial charge in [-0.2, -0.15) is 4.68 Å². The van der Waals surface area contributed by atoms with Crippen LogP contribution in [0.15, 0.2) is 58.2 Å². The van der Waals surface area contributed by atoms with Gasteiger partial charge in [-0.15, -0.1) is 16.4 Å². The van der Waals surface area contributed by atoms with E-state index in [2.05, 4.69) is 26.2 Å². The Labute approximate surface area is 186 Å². The van der Waals surface area contributed by atoms with E-state index in [4.69, 9.17) is 4.74 Å². The summed E-state index contributed by atoms with van der Waals surface area (Å²) in [6.45, 7) is 3.99. The van der Waals surface area contributed by atoms with E-state index in [1.165, 1.54) is 23.1 Å². The van der Waals surface area contributed by atoms with E-state index < -0.39 is 12.0 Å². The first-order chi connectivity index (χ1) is 15.1. The maximum Gasteiger partial charge on any atom is 0.338 e. The van der Waals surface area contributed by atoms with E-state index in [9.17, 15) is 9.59 Å². The fraction of sp³-hybridized carbons (Fsp3) is 0.250. The maximum absolute atomic E-state index is 12.8. The maximum atomic E-state index is 12.8. The monoisotopic (exact) mass is 456 g/mol. The molecule has 4 rings (SSSR count). The molecule has 3 heterocycles. The summed E-state index contributed by atoms with van der Waals surface area (Å²) < 4.78 is 6.90. The Morgan fingerprint density at radius 1 is 1.29 bits per heavy atom. The molecule has 1 aliphatic heterocycles. The Morgan fingerprint density at radius 3 is 2.81 bits per heavy atom. The first-order valence-corrected chi connectivity index (χ1v) is 11.4. The molecular weight excluding hydrogens is 436 g/mol. The molecule has 0 fully saturated rings. The summed E-state index contributed by atoms with van der Waals surface area (Å²) in [7, 11) is 0. The zero-order valence-corrected chi connectivity index (χ0v) is 18.5. The minimum atomic E-state index is -0.573. The third kappa shape index (κ3) is 4.62. The number of amides is 2. The van der Waals surface area contributed by atoms with E-state index >= 15 is 0 Å². The molecule has 9 nitrogen and oxygen atoms in total. The average molecular weight is 457 g/mol. The van der Waals surface area contributed by atoms with Crippen LogP contribution in [0.5, 0.6) is 0 Å². The lowest BCUT2D eigenvalue weighted by atomic mass is 10.0. The molecule has 2 aromatic heterocycles. The lowest BCUT2D eigenvalue weighted by Gasteiger charge is -2.28. The molecule has 1 aliphatic rings. The Hall–Kier alpha value is -3.18. The van der Waals surface area contributed by atoms with Gasteiger partial charge in [0.25, 0.3) is 0 Å². The molecule has 3 aromatic rings. The van der Waals surface area contributed by atoms with Crippen LogP contribution in [-0.2, 0) is 9.53 Å². The summed E-state index contributed by atoms with van der Waals surface area (Å²) in [5, 5.41) is 20.0. The highest BCUT2D eigenvalue weighted by molar-refractivity contribution is 7.99. The molecule has 160 valence electrons. The van der Waals surface area contributed by atoms with E-state index in [0.717, 1.165) is 16.1 Å². The van der Waals surface area contributed by atoms with E-state index in [1.54, 1.807) is 11.6 Å². The second kappa shape index (κ2) is 9.31. The highest BCUT2D eigenvalue weighted by Gasteiger charge is 2.34. The first-order valence-electron chi connectivity index (χ1n) is 9.56. The van der Waals surface area contributed by atoms with Crippen molar-refractivity contribution in [2.24, 2.45) is 0 Å². The number of nitrogens with zero attached hydrogens (tertiary/aromatic N) is 4. The highest BCUT2D eigenvalue weighted by atomic mass is 32.2. The number of hydrogen-bond acceptors (Lipinski definition) is 8. The predicted molar refractivity (Wildman–Crippen MR) is 117 cm³/mol. The van der Waals surface area contributed by atoms with Crippen molar-refractivity contribution in [1.29, 1.82) is 0 Å². The number of aromatic nitrogens is 4. The number of benzene rings is 1. The summed E-state index contributed by atoms with van der Waals surface area (Å²) in [5.41, 5.74) is 2.81. The van der Waals surface area contributed by atoms with Crippen molar-refractivity contribution >= 4 is 35.1 Å². The molecule has 0 spiro atoms. The standard InChI is InChI=1S/C20H20N6O3S2/c1-3-29-18(27)16-14(21-19(28)22-17(16)15-5-4-10-30-15)11-31-20-23-24-25-26(20)13-8-6-12(2)7-9-13/h4-10,17H,3,11H2,1-2H3,(H2,21,22,28). The van der Waals surface area contributed by atoms with Gasteiger partial charge in [-0.25, -0.2) is 9.59 Å². The summed E-state index contributed by atoms with van der Waals surface area (Å²) in [5.74, 6) is -0.183. The van der Waals surface area contributed by atoms with E-state index in [0.29, 0.717) is 16.4 Å². The summed E-state index contributed by atoms with van der Waals surface area (Å²) >= 11 is 2.78. The van der Waals surface area contributed by atoms with Crippen LogP contribution in [0.4, 0.5) is 4.79 Å². The molecule has 11 heteroatoms. The Bertz CT molecular complexity index is 1110. The van der Waals surface area contributed by atoms with Crippen LogP contribution in [0.25, 0.3) is 5.69 Å². The van der Waals surface area contributed by atoms with Gasteiger partial charge in [0.15, 0.2) is 0 Å². The van der Waals surface area contributed by atoms with Crippen molar-refractivity contribution in [2.75, 3.05) is 12.4 Å². The van der Waals surface area contributed by atoms with E-state index in [-0.39, 0.29) is 18.4 Å². The second-order valence-corrected chi connectivity index (χ2v) is 8.58. The predicted octanol–water partition coefficient (Wildman–Crippen LogP) is 3.00.